The molecule has 1 aliphatic heterocycles. The molecule has 4 nitrogen and oxygen atoms in total. The number of hydrogen-bond acceptors (Lipinski definition) is 4. The van der Waals surface area contributed by atoms with E-state index < -0.39 is 0 Å². The number of aryl methyl sites for hydroxylation is 1. The van der Waals surface area contributed by atoms with Crippen LogP contribution in [-0.4, -0.2) is 16.8 Å². The Morgan fingerprint density at radius 2 is 1.81 bits per heavy atom. The molecule has 2 aromatic carbocycles. The first-order valence-corrected chi connectivity index (χ1v) is 9.26. The lowest BCUT2D eigenvalue weighted by molar-refractivity contribution is 0.0996. The largest absolute Gasteiger partial charge is 0.425 e. The standard InChI is InChI=1S/C22H24N2O2/c1-15-8-6-7-11-18(15)16(2)14-20-23-24-22(26-20)19-12-13-25-21(19)17-9-4-3-5-10-17/h3-11,16,19,21H,12-14H2,1-2H3/t16-,19+,21-/m1/s1. The zero-order valence-corrected chi connectivity index (χ0v) is 15.3. The van der Waals surface area contributed by atoms with Gasteiger partial charge in [0, 0.05) is 13.0 Å². The Morgan fingerprint density at radius 1 is 1.04 bits per heavy atom. The second-order valence-corrected chi connectivity index (χ2v) is 7.09. The molecule has 0 amide bonds. The second kappa shape index (κ2) is 7.42. The third kappa shape index (κ3) is 3.42. The predicted molar refractivity (Wildman–Crippen MR) is 100 cm³/mol. The van der Waals surface area contributed by atoms with E-state index in [0.29, 0.717) is 17.7 Å². The van der Waals surface area contributed by atoms with Crippen molar-refractivity contribution < 1.29 is 9.15 Å². The summed E-state index contributed by atoms with van der Waals surface area (Å²) in [6.45, 7) is 5.07. The summed E-state index contributed by atoms with van der Waals surface area (Å²) >= 11 is 0. The summed E-state index contributed by atoms with van der Waals surface area (Å²) in [4.78, 5) is 0. The molecule has 0 unspecified atom stereocenters. The van der Waals surface area contributed by atoms with Crippen LogP contribution in [0, 0.1) is 6.92 Å². The maximum atomic E-state index is 6.05. The average Bonchev–Trinajstić information content (AvgIpc) is 3.32. The fourth-order valence-electron chi connectivity index (χ4n) is 3.82. The lowest BCUT2D eigenvalue weighted by atomic mass is 9.94. The van der Waals surface area contributed by atoms with Gasteiger partial charge in [-0.3, -0.25) is 0 Å². The second-order valence-electron chi connectivity index (χ2n) is 7.09. The Balaban J connectivity index is 1.50. The summed E-state index contributed by atoms with van der Waals surface area (Å²) in [5.74, 6) is 1.87. The average molecular weight is 348 g/mol. The van der Waals surface area contributed by atoms with Crippen molar-refractivity contribution in [1.82, 2.24) is 10.2 Å². The van der Waals surface area contributed by atoms with Crippen LogP contribution in [-0.2, 0) is 11.2 Å². The van der Waals surface area contributed by atoms with Crippen molar-refractivity contribution in [3.8, 4) is 0 Å². The van der Waals surface area contributed by atoms with Crippen molar-refractivity contribution in [2.24, 2.45) is 0 Å². The van der Waals surface area contributed by atoms with Crippen molar-refractivity contribution in [3.05, 3.63) is 83.1 Å². The van der Waals surface area contributed by atoms with Crippen molar-refractivity contribution in [3.63, 3.8) is 0 Å². The molecule has 0 saturated carbocycles. The summed E-state index contributed by atoms with van der Waals surface area (Å²) in [5, 5.41) is 8.66. The van der Waals surface area contributed by atoms with E-state index >= 15 is 0 Å². The van der Waals surface area contributed by atoms with Gasteiger partial charge in [-0.15, -0.1) is 10.2 Å². The topological polar surface area (TPSA) is 48.2 Å². The van der Waals surface area contributed by atoms with Crippen molar-refractivity contribution in [1.29, 1.82) is 0 Å². The van der Waals surface area contributed by atoms with Crippen LogP contribution in [0.3, 0.4) is 0 Å². The van der Waals surface area contributed by atoms with E-state index in [9.17, 15) is 0 Å². The predicted octanol–water partition coefficient (Wildman–Crippen LogP) is 4.97. The van der Waals surface area contributed by atoms with Crippen LogP contribution in [0.25, 0.3) is 0 Å². The van der Waals surface area contributed by atoms with Gasteiger partial charge in [0.25, 0.3) is 0 Å². The maximum absolute atomic E-state index is 6.05. The molecule has 1 aromatic heterocycles. The van der Waals surface area contributed by atoms with Crippen LogP contribution in [0.5, 0.6) is 0 Å². The highest BCUT2D eigenvalue weighted by atomic mass is 16.5. The molecule has 3 atom stereocenters. The molecule has 2 heterocycles. The molecule has 4 heteroatoms. The van der Waals surface area contributed by atoms with Crippen LogP contribution < -0.4 is 0 Å². The van der Waals surface area contributed by atoms with Crippen LogP contribution in [0.1, 0.15) is 59.8 Å². The third-order valence-electron chi connectivity index (χ3n) is 5.22. The minimum atomic E-state index is -0.00158. The highest BCUT2D eigenvalue weighted by Gasteiger charge is 2.35. The van der Waals surface area contributed by atoms with Gasteiger partial charge in [-0.2, -0.15) is 0 Å². The fraction of sp³-hybridized carbons (Fsp3) is 0.364. The van der Waals surface area contributed by atoms with Crippen LogP contribution in [0.2, 0.25) is 0 Å². The summed E-state index contributed by atoms with van der Waals surface area (Å²) in [6.07, 6.45) is 1.66. The molecule has 0 N–H and O–H groups in total. The molecular weight excluding hydrogens is 324 g/mol. The van der Waals surface area contributed by atoms with Crippen LogP contribution in [0.15, 0.2) is 59.0 Å². The third-order valence-corrected chi connectivity index (χ3v) is 5.22. The van der Waals surface area contributed by atoms with Gasteiger partial charge >= 0.3 is 0 Å². The van der Waals surface area contributed by atoms with Crippen LogP contribution in [0.4, 0.5) is 0 Å². The van der Waals surface area contributed by atoms with Crippen LogP contribution >= 0.6 is 0 Å². The highest BCUT2D eigenvalue weighted by molar-refractivity contribution is 5.29. The highest BCUT2D eigenvalue weighted by Crippen LogP contribution is 2.41. The Labute approximate surface area is 154 Å². The SMILES string of the molecule is Cc1ccccc1[C@H](C)Cc1nnc([C@H]2CCO[C@@H]2c2ccccc2)o1. The molecular formula is C22H24N2O2. The molecule has 0 aliphatic carbocycles. The van der Waals surface area contributed by atoms with E-state index in [1.54, 1.807) is 0 Å². The summed E-state index contributed by atoms with van der Waals surface area (Å²) in [6, 6.07) is 18.8. The Bertz CT molecular complexity index is 859. The van der Waals surface area contributed by atoms with Gasteiger partial charge in [-0.05, 0) is 36.0 Å². The molecule has 1 fully saturated rings. The number of hydrogen-bond donors (Lipinski definition) is 0. The first kappa shape index (κ1) is 17.0. The summed E-state index contributed by atoms with van der Waals surface area (Å²) in [7, 11) is 0. The van der Waals surface area contributed by atoms with E-state index in [1.807, 2.05) is 18.2 Å². The lowest BCUT2D eigenvalue weighted by Gasteiger charge is -2.15. The quantitative estimate of drug-likeness (QED) is 0.653. The summed E-state index contributed by atoms with van der Waals surface area (Å²) < 4.78 is 12.0. The lowest BCUT2D eigenvalue weighted by Crippen LogP contribution is -2.06. The molecule has 26 heavy (non-hydrogen) atoms. The number of ether oxygens (including phenoxy) is 1. The van der Waals surface area contributed by atoms with Crippen molar-refractivity contribution in [2.45, 2.75) is 44.6 Å². The van der Waals surface area contributed by atoms with E-state index in [-0.39, 0.29) is 12.0 Å². The van der Waals surface area contributed by atoms with Gasteiger partial charge in [0.15, 0.2) is 0 Å². The number of rotatable bonds is 5. The zero-order chi connectivity index (χ0) is 17.9. The normalized spacial score (nSPS) is 21.0. The smallest absolute Gasteiger partial charge is 0.222 e. The van der Waals surface area contributed by atoms with E-state index in [4.69, 9.17) is 9.15 Å². The number of aromatic nitrogens is 2. The molecule has 0 spiro atoms. The minimum Gasteiger partial charge on any atom is -0.425 e. The Morgan fingerprint density at radius 3 is 2.62 bits per heavy atom. The zero-order valence-electron chi connectivity index (χ0n) is 15.3. The fourth-order valence-corrected chi connectivity index (χ4v) is 3.82. The molecule has 1 aliphatic rings. The van der Waals surface area contributed by atoms with Gasteiger partial charge in [-0.25, -0.2) is 0 Å². The number of nitrogens with zero attached hydrogens (tertiary/aromatic N) is 2. The molecule has 1 saturated heterocycles. The van der Waals surface area contributed by atoms with Gasteiger partial charge < -0.3 is 9.15 Å². The molecule has 3 aromatic rings. The van der Waals surface area contributed by atoms with Gasteiger partial charge in [0.05, 0.1) is 12.0 Å². The van der Waals surface area contributed by atoms with E-state index in [0.717, 1.165) is 19.4 Å². The first-order valence-electron chi connectivity index (χ1n) is 9.26. The van der Waals surface area contributed by atoms with Crippen molar-refractivity contribution in [2.75, 3.05) is 6.61 Å². The first-order chi connectivity index (χ1) is 12.7. The number of benzene rings is 2. The monoisotopic (exact) mass is 348 g/mol. The molecule has 0 bridgehead atoms. The summed E-state index contributed by atoms with van der Waals surface area (Å²) in [5.41, 5.74) is 3.80. The van der Waals surface area contributed by atoms with Gasteiger partial charge in [-0.1, -0.05) is 61.5 Å². The molecule has 0 radical (unpaired) electrons. The maximum Gasteiger partial charge on any atom is 0.222 e. The molecule has 4 rings (SSSR count). The minimum absolute atomic E-state index is 0.00158. The van der Waals surface area contributed by atoms with E-state index in [2.05, 4.69) is 60.4 Å². The Hall–Kier alpha value is -2.46. The Kier molecular flexibility index (Phi) is 4.85. The van der Waals surface area contributed by atoms with E-state index in [1.165, 1.54) is 16.7 Å². The van der Waals surface area contributed by atoms with Gasteiger partial charge in [0.2, 0.25) is 11.8 Å². The van der Waals surface area contributed by atoms with Gasteiger partial charge in [0.1, 0.15) is 0 Å². The molecule has 134 valence electrons. The van der Waals surface area contributed by atoms with Crippen molar-refractivity contribution >= 4 is 0 Å².